The lowest BCUT2D eigenvalue weighted by atomic mass is 10.2. The highest BCUT2D eigenvalue weighted by Gasteiger charge is 2.44. The van der Waals surface area contributed by atoms with E-state index in [4.69, 9.17) is 5.73 Å². The van der Waals surface area contributed by atoms with E-state index in [1.807, 2.05) is 0 Å². The van der Waals surface area contributed by atoms with Crippen molar-refractivity contribution in [2.75, 3.05) is 6.61 Å². The lowest BCUT2D eigenvalue weighted by Gasteiger charge is -2.12. The summed E-state index contributed by atoms with van der Waals surface area (Å²) >= 11 is 0. The number of ether oxygens (including phenoxy) is 1. The number of nitrogens with two attached hydrogens (primary N) is 1. The fourth-order valence-corrected chi connectivity index (χ4v) is 0.879. The molecule has 2 atom stereocenters. The van der Waals surface area contributed by atoms with E-state index >= 15 is 0 Å². The van der Waals surface area contributed by atoms with Crippen LogP contribution in [0.2, 0.25) is 0 Å². The van der Waals surface area contributed by atoms with Gasteiger partial charge in [0.2, 0.25) is 0 Å². The van der Waals surface area contributed by atoms with Crippen LogP contribution in [0.4, 0.5) is 13.2 Å². The highest BCUT2D eigenvalue weighted by molar-refractivity contribution is 4.80. The van der Waals surface area contributed by atoms with Gasteiger partial charge in [-0.05, 0) is 6.42 Å². The zero-order chi connectivity index (χ0) is 7.78. The third kappa shape index (κ3) is 1.60. The number of rotatable bonds is 0. The predicted octanol–water partition coefficient (Wildman–Crippen LogP) is 0.665. The number of alkyl halides is 3. The summed E-state index contributed by atoms with van der Waals surface area (Å²) in [6.45, 7) is 0.0180. The van der Waals surface area contributed by atoms with Crippen LogP contribution in [0.1, 0.15) is 6.42 Å². The van der Waals surface area contributed by atoms with Crippen LogP contribution in [0.3, 0.4) is 0 Å². The van der Waals surface area contributed by atoms with Gasteiger partial charge in [0.15, 0.2) is 6.10 Å². The monoisotopic (exact) mass is 155 g/mol. The fourth-order valence-electron chi connectivity index (χ4n) is 0.879. The fraction of sp³-hybridized carbons (Fsp3) is 1.00. The van der Waals surface area contributed by atoms with Gasteiger partial charge in [-0.25, -0.2) is 0 Å². The molecule has 1 aliphatic rings. The van der Waals surface area contributed by atoms with Crippen molar-refractivity contribution in [3.05, 3.63) is 0 Å². The minimum atomic E-state index is -4.24. The molecule has 2 N–H and O–H groups in total. The summed E-state index contributed by atoms with van der Waals surface area (Å²) in [6.07, 6.45) is -5.99. The molecule has 5 heteroatoms. The molecule has 0 spiro atoms. The Labute approximate surface area is 56.1 Å². The molecule has 1 heterocycles. The minimum absolute atomic E-state index is 0.0180. The van der Waals surface area contributed by atoms with Crippen LogP contribution in [0.25, 0.3) is 0 Å². The second-order valence-corrected chi connectivity index (χ2v) is 2.36. The average molecular weight is 155 g/mol. The topological polar surface area (TPSA) is 35.2 Å². The Morgan fingerprint density at radius 1 is 1.40 bits per heavy atom. The zero-order valence-corrected chi connectivity index (χ0v) is 5.19. The van der Waals surface area contributed by atoms with Gasteiger partial charge >= 0.3 is 6.18 Å². The van der Waals surface area contributed by atoms with Crippen molar-refractivity contribution in [2.24, 2.45) is 5.73 Å². The molecule has 1 saturated heterocycles. The summed E-state index contributed by atoms with van der Waals surface area (Å²) in [7, 11) is 0. The van der Waals surface area contributed by atoms with Crippen LogP contribution in [-0.2, 0) is 4.74 Å². The van der Waals surface area contributed by atoms with Crippen LogP contribution in [0, 0.1) is 0 Å². The first-order valence-corrected chi connectivity index (χ1v) is 2.94. The van der Waals surface area contributed by atoms with Crippen molar-refractivity contribution in [1.29, 1.82) is 0 Å². The molecule has 1 fully saturated rings. The summed E-state index contributed by atoms with van der Waals surface area (Å²) in [5, 5.41) is 0. The smallest absolute Gasteiger partial charge is 0.367 e. The van der Waals surface area contributed by atoms with Gasteiger partial charge in [-0.15, -0.1) is 0 Å². The van der Waals surface area contributed by atoms with Crippen molar-refractivity contribution in [2.45, 2.75) is 24.7 Å². The van der Waals surface area contributed by atoms with Crippen molar-refractivity contribution in [3.63, 3.8) is 0 Å². The van der Waals surface area contributed by atoms with Crippen molar-refractivity contribution < 1.29 is 17.9 Å². The van der Waals surface area contributed by atoms with Crippen LogP contribution in [-0.4, -0.2) is 24.9 Å². The molecule has 0 amide bonds. The molecule has 2 nitrogen and oxygen atoms in total. The predicted molar refractivity (Wildman–Crippen MR) is 28.4 cm³/mol. The Bertz CT molecular complexity index is 125. The quantitative estimate of drug-likeness (QED) is 0.557. The molecule has 0 saturated carbocycles. The van der Waals surface area contributed by atoms with Gasteiger partial charge in [-0.3, -0.25) is 0 Å². The van der Waals surface area contributed by atoms with Crippen molar-refractivity contribution >= 4 is 0 Å². The Hall–Kier alpha value is -0.290. The maximum Gasteiger partial charge on any atom is 0.414 e. The summed E-state index contributed by atoms with van der Waals surface area (Å²) in [6, 6.07) is -0.452. The lowest BCUT2D eigenvalue weighted by Crippen LogP contribution is -2.29. The van der Waals surface area contributed by atoms with Gasteiger partial charge in [-0.2, -0.15) is 13.2 Å². The van der Waals surface area contributed by atoms with Gasteiger partial charge in [0.05, 0.1) is 6.61 Å². The zero-order valence-electron chi connectivity index (χ0n) is 5.19. The van der Waals surface area contributed by atoms with E-state index in [1.165, 1.54) is 0 Å². The number of hydrogen-bond donors (Lipinski definition) is 1. The summed E-state index contributed by atoms with van der Waals surface area (Å²) in [5.74, 6) is 0. The van der Waals surface area contributed by atoms with Gasteiger partial charge < -0.3 is 10.5 Å². The maximum absolute atomic E-state index is 11.8. The minimum Gasteiger partial charge on any atom is -0.367 e. The molecule has 0 unspecified atom stereocenters. The third-order valence-corrected chi connectivity index (χ3v) is 1.39. The molecular formula is C5H8F3NO. The van der Waals surface area contributed by atoms with Gasteiger partial charge in [0.25, 0.3) is 0 Å². The van der Waals surface area contributed by atoms with E-state index in [0.717, 1.165) is 0 Å². The first kappa shape index (κ1) is 7.81. The third-order valence-electron chi connectivity index (χ3n) is 1.39. The molecular weight excluding hydrogens is 147 g/mol. The molecule has 60 valence electrons. The normalized spacial score (nSPS) is 34.8. The maximum atomic E-state index is 11.8. The first-order valence-electron chi connectivity index (χ1n) is 2.94. The molecule has 0 aromatic heterocycles. The van der Waals surface area contributed by atoms with Crippen LogP contribution in [0.15, 0.2) is 0 Å². The van der Waals surface area contributed by atoms with Crippen LogP contribution >= 0.6 is 0 Å². The highest BCUT2D eigenvalue weighted by atomic mass is 19.4. The largest absolute Gasteiger partial charge is 0.414 e. The summed E-state index contributed by atoms with van der Waals surface area (Å²) in [4.78, 5) is 0. The number of hydrogen-bond acceptors (Lipinski definition) is 2. The second kappa shape index (κ2) is 2.39. The Morgan fingerprint density at radius 3 is 2.20 bits per heavy atom. The molecule has 10 heavy (non-hydrogen) atoms. The molecule has 0 aliphatic carbocycles. The van der Waals surface area contributed by atoms with Crippen LogP contribution in [0.5, 0.6) is 0 Å². The van der Waals surface area contributed by atoms with E-state index in [0.29, 0.717) is 0 Å². The van der Waals surface area contributed by atoms with Crippen molar-refractivity contribution in [1.82, 2.24) is 0 Å². The van der Waals surface area contributed by atoms with E-state index in [-0.39, 0.29) is 13.0 Å². The SMILES string of the molecule is N[C@@H]1CO[C@H](C(F)(F)F)C1. The van der Waals surface area contributed by atoms with E-state index in [1.54, 1.807) is 0 Å². The average Bonchev–Trinajstić information content (AvgIpc) is 2.11. The van der Waals surface area contributed by atoms with Gasteiger partial charge in [-0.1, -0.05) is 0 Å². The van der Waals surface area contributed by atoms with Gasteiger partial charge in [0, 0.05) is 6.04 Å². The van der Waals surface area contributed by atoms with Crippen LogP contribution < -0.4 is 5.73 Å². The molecule has 0 aromatic carbocycles. The first-order chi connectivity index (χ1) is 4.50. The second-order valence-electron chi connectivity index (χ2n) is 2.36. The Balaban J connectivity index is 2.45. The van der Waals surface area contributed by atoms with E-state index in [2.05, 4.69) is 4.74 Å². The number of halogens is 3. The molecule has 0 aromatic rings. The van der Waals surface area contributed by atoms with E-state index < -0.39 is 18.3 Å². The summed E-state index contributed by atoms with van der Waals surface area (Å²) in [5.41, 5.74) is 5.20. The lowest BCUT2D eigenvalue weighted by molar-refractivity contribution is -0.206. The van der Waals surface area contributed by atoms with Crippen molar-refractivity contribution in [3.8, 4) is 0 Å². The molecule has 1 rings (SSSR count). The Kier molecular flexibility index (Phi) is 1.87. The summed E-state index contributed by atoms with van der Waals surface area (Å²) < 4.78 is 39.6. The molecule has 0 radical (unpaired) electrons. The standard InChI is InChI=1S/C5H8F3NO/c6-5(7,8)4-1-3(9)2-10-4/h3-4H,1-2,9H2/t3-,4-/m0/s1. The van der Waals surface area contributed by atoms with E-state index in [9.17, 15) is 13.2 Å². The molecule has 0 bridgehead atoms. The Morgan fingerprint density at radius 2 is 2.00 bits per heavy atom. The van der Waals surface area contributed by atoms with Gasteiger partial charge in [0.1, 0.15) is 0 Å². The molecule has 1 aliphatic heterocycles. The highest BCUT2D eigenvalue weighted by Crippen LogP contribution is 2.29.